The highest BCUT2D eigenvalue weighted by atomic mass is 79.9. The van der Waals surface area contributed by atoms with Crippen LogP contribution in [0.4, 0.5) is 0 Å². The highest BCUT2D eigenvalue weighted by Crippen LogP contribution is 2.62. The average molecular weight is 450 g/mol. The summed E-state index contributed by atoms with van der Waals surface area (Å²) in [6.45, 7) is 3.54. The molecule has 2 heterocycles. The van der Waals surface area contributed by atoms with Crippen molar-refractivity contribution < 1.29 is 22.7 Å². The topological polar surface area (TPSA) is 80.5 Å². The van der Waals surface area contributed by atoms with Crippen LogP contribution in [0.25, 0.3) is 0 Å². The zero-order valence-electron chi connectivity index (χ0n) is 14.6. The molecule has 0 aliphatic carbocycles. The molecule has 2 aromatic carbocycles. The standard InChI is InChI=1S/C19H16BrNO5S/c1-3-26-18(23)19-14-9-11(2)7-8-15(14)27(24,25)21(19)17(19)16(22)12-5-4-6-13(20)10-12/h4-10,17H,3H2,1-2H3/t17-,19-,21?/m0/s1. The van der Waals surface area contributed by atoms with E-state index in [1.807, 2.05) is 6.92 Å². The Hall–Kier alpha value is -2.03. The van der Waals surface area contributed by atoms with Crippen LogP contribution in [0.3, 0.4) is 0 Å². The normalized spacial score (nSPS) is 26.8. The number of Topliss-reactive ketones (excluding diaryl/α,β-unsaturated/α-hetero) is 1. The Morgan fingerprint density at radius 2 is 1.96 bits per heavy atom. The number of benzene rings is 2. The van der Waals surface area contributed by atoms with Crippen molar-refractivity contribution >= 4 is 37.7 Å². The van der Waals surface area contributed by atoms with E-state index < -0.39 is 33.4 Å². The Balaban J connectivity index is 1.91. The lowest BCUT2D eigenvalue weighted by atomic mass is 9.90. The molecule has 0 amide bonds. The van der Waals surface area contributed by atoms with E-state index in [9.17, 15) is 18.0 Å². The van der Waals surface area contributed by atoms with Crippen molar-refractivity contribution in [2.75, 3.05) is 6.61 Å². The maximum Gasteiger partial charge on any atom is 0.334 e. The van der Waals surface area contributed by atoms with Crippen molar-refractivity contribution in [2.24, 2.45) is 0 Å². The molecule has 27 heavy (non-hydrogen) atoms. The number of fused-ring (bicyclic) bond motifs is 3. The number of rotatable bonds is 4. The summed E-state index contributed by atoms with van der Waals surface area (Å²) >= 11 is 3.31. The molecule has 8 heteroatoms. The van der Waals surface area contributed by atoms with Gasteiger partial charge >= 0.3 is 5.97 Å². The maximum absolute atomic E-state index is 13.1. The van der Waals surface area contributed by atoms with E-state index in [0.717, 1.165) is 9.87 Å². The fourth-order valence-corrected chi connectivity index (χ4v) is 6.26. The molecule has 1 unspecified atom stereocenters. The first-order valence-electron chi connectivity index (χ1n) is 8.39. The summed E-state index contributed by atoms with van der Waals surface area (Å²) in [5.74, 6) is -1.15. The number of aryl methyl sites for hydroxylation is 1. The highest BCUT2D eigenvalue weighted by molar-refractivity contribution is 9.10. The highest BCUT2D eigenvalue weighted by Gasteiger charge is 2.82. The molecule has 0 N–H and O–H groups in total. The van der Waals surface area contributed by atoms with E-state index in [-0.39, 0.29) is 11.5 Å². The fourth-order valence-electron chi connectivity index (χ4n) is 3.78. The number of ketones is 1. The molecule has 6 nitrogen and oxygen atoms in total. The lowest BCUT2D eigenvalue weighted by Gasteiger charge is -2.14. The molecule has 1 saturated heterocycles. The summed E-state index contributed by atoms with van der Waals surface area (Å²) in [5, 5.41) is 0. The zero-order valence-corrected chi connectivity index (χ0v) is 17.0. The smallest absolute Gasteiger partial charge is 0.334 e. The minimum Gasteiger partial charge on any atom is -0.464 e. The van der Waals surface area contributed by atoms with E-state index in [1.54, 1.807) is 43.3 Å². The predicted molar refractivity (Wildman–Crippen MR) is 101 cm³/mol. The van der Waals surface area contributed by atoms with Gasteiger partial charge in [-0.2, -0.15) is 4.31 Å². The number of hydrogen-bond donors (Lipinski definition) is 0. The van der Waals surface area contributed by atoms with Gasteiger partial charge < -0.3 is 4.74 Å². The van der Waals surface area contributed by atoms with Crippen molar-refractivity contribution in [3.05, 3.63) is 63.6 Å². The maximum atomic E-state index is 13.1. The quantitative estimate of drug-likeness (QED) is 0.407. The summed E-state index contributed by atoms with van der Waals surface area (Å²) in [6, 6.07) is 10.3. The lowest BCUT2D eigenvalue weighted by Crippen LogP contribution is -2.30. The largest absolute Gasteiger partial charge is 0.464 e. The number of hydrogen-bond acceptors (Lipinski definition) is 5. The fraction of sp³-hybridized carbons (Fsp3) is 0.263. The van der Waals surface area contributed by atoms with E-state index in [1.165, 1.54) is 6.07 Å². The molecule has 0 aromatic heterocycles. The van der Waals surface area contributed by atoms with Crippen molar-refractivity contribution in [1.29, 1.82) is 0 Å². The third kappa shape index (κ3) is 2.36. The van der Waals surface area contributed by atoms with Gasteiger partial charge in [0.1, 0.15) is 6.04 Å². The number of halogens is 1. The Labute approximate surface area is 165 Å². The van der Waals surface area contributed by atoms with Crippen LogP contribution in [0.5, 0.6) is 0 Å². The van der Waals surface area contributed by atoms with Crippen LogP contribution in [0.15, 0.2) is 51.8 Å². The summed E-state index contributed by atoms with van der Waals surface area (Å²) in [4.78, 5) is 26.1. The van der Waals surface area contributed by atoms with Gasteiger partial charge in [0.05, 0.1) is 11.5 Å². The van der Waals surface area contributed by atoms with E-state index in [2.05, 4.69) is 15.9 Å². The summed E-state index contributed by atoms with van der Waals surface area (Å²) in [5.41, 5.74) is -0.170. The second-order valence-electron chi connectivity index (χ2n) is 6.56. The third-order valence-electron chi connectivity index (χ3n) is 4.94. The summed E-state index contributed by atoms with van der Waals surface area (Å²) < 4.78 is 32.9. The monoisotopic (exact) mass is 449 g/mol. The lowest BCUT2D eigenvalue weighted by molar-refractivity contribution is -0.147. The Bertz CT molecular complexity index is 1100. The van der Waals surface area contributed by atoms with Gasteiger partial charge in [0.25, 0.3) is 0 Å². The van der Waals surface area contributed by atoms with Crippen LogP contribution in [0.2, 0.25) is 0 Å². The summed E-state index contributed by atoms with van der Waals surface area (Å²) in [7, 11) is -3.96. The molecular formula is C19H16BrNO5S. The van der Waals surface area contributed by atoms with Crippen molar-refractivity contribution in [3.63, 3.8) is 0 Å². The van der Waals surface area contributed by atoms with Crippen LogP contribution in [-0.2, 0) is 25.1 Å². The molecule has 3 atom stereocenters. The molecule has 0 radical (unpaired) electrons. The van der Waals surface area contributed by atoms with Gasteiger partial charge in [-0.15, -0.1) is 0 Å². The zero-order chi connectivity index (χ0) is 19.6. The summed E-state index contributed by atoms with van der Waals surface area (Å²) in [6.07, 6.45) is 0. The molecule has 2 aliphatic rings. The van der Waals surface area contributed by atoms with Crippen molar-refractivity contribution in [3.8, 4) is 0 Å². The SMILES string of the molecule is CCOC(=O)[C@@]12c3cc(C)ccc3S(=O)(=O)N1[C@H]2C(=O)c1cccc(Br)c1. The Morgan fingerprint density at radius 3 is 2.63 bits per heavy atom. The van der Waals surface area contributed by atoms with Crippen molar-refractivity contribution in [2.45, 2.75) is 30.3 Å². The average Bonchev–Trinajstić information content (AvgIpc) is 3.28. The van der Waals surface area contributed by atoms with Gasteiger partial charge in [0.15, 0.2) is 11.3 Å². The van der Waals surface area contributed by atoms with E-state index in [4.69, 9.17) is 4.74 Å². The molecule has 0 bridgehead atoms. The van der Waals surface area contributed by atoms with Crippen molar-refractivity contribution in [1.82, 2.24) is 4.31 Å². The second kappa shape index (κ2) is 5.98. The first-order chi connectivity index (χ1) is 12.8. The van der Waals surface area contributed by atoms with Crippen LogP contribution < -0.4 is 0 Å². The molecular weight excluding hydrogens is 434 g/mol. The number of ether oxygens (including phenoxy) is 1. The molecule has 0 spiro atoms. The molecule has 2 aliphatic heterocycles. The minimum absolute atomic E-state index is 0.0550. The first-order valence-corrected chi connectivity index (χ1v) is 10.6. The van der Waals surface area contributed by atoms with Gasteiger partial charge in [-0.05, 0) is 32.0 Å². The van der Waals surface area contributed by atoms with Crippen LogP contribution in [0.1, 0.15) is 28.4 Å². The van der Waals surface area contributed by atoms with E-state index in [0.29, 0.717) is 15.6 Å². The molecule has 1 fully saturated rings. The third-order valence-corrected chi connectivity index (χ3v) is 7.36. The van der Waals surface area contributed by atoms with E-state index >= 15 is 0 Å². The second-order valence-corrected chi connectivity index (χ2v) is 9.26. The minimum atomic E-state index is -3.96. The predicted octanol–water partition coefficient (Wildman–Crippen LogP) is 2.79. The van der Waals surface area contributed by atoms with Gasteiger partial charge in [-0.1, -0.05) is 45.8 Å². The number of carbonyl (C=O) groups excluding carboxylic acids is 2. The number of esters is 1. The molecule has 0 saturated carbocycles. The molecule has 140 valence electrons. The molecule has 2 aromatic rings. The first kappa shape index (κ1) is 18.3. The molecule has 4 rings (SSSR count). The van der Waals surface area contributed by atoms with Gasteiger partial charge in [0.2, 0.25) is 10.0 Å². The van der Waals surface area contributed by atoms with Crippen LogP contribution in [-0.4, -0.2) is 37.1 Å². The van der Waals surface area contributed by atoms with Gasteiger partial charge in [0, 0.05) is 15.6 Å². The Kier molecular flexibility index (Phi) is 4.06. The van der Waals surface area contributed by atoms with Gasteiger partial charge in [-0.3, -0.25) is 4.79 Å². The van der Waals surface area contributed by atoms with Gasteiger partial charge in [-0.25, -0.2) is 13.2 Å². The van der Waals surface area contributed by atoms with Crippen LogP contribution in [0, 0.1) is 6.92 Å². The number of nitrogens with zero attached hydrogens (tertiary/aromatic N) is 1. The van der Waals surface area contributed by atoms with Crippen LogP contribution >= 0.6 is 15.9 Å². The Morgan fingerprint density at radius 1 is 1.22 bits per heavy atom. The number of carbonyl (C=O) groups is 2. The number of sulfonamides is 1.